The maximum Gasteiger partial charge on any atom is 0.254 e. The van der Waals surface area contributed by atoms with Crippen molar-refractivity contribution in [2.75, 3.05) is 7.05 Å². The minimum atomic E-state index is 0.0630. The van der Waals surface area contributed by atoms with E-state index in [0.29, 0.717) is 6.54 Å². The van der Waals surface area contributed by atoms with Gasteiger partial charge in [-0.05, 0) is 39.2 Å². The number of amides is 1. The van der Waals surface area contributed by atoms with Crippen molar-refractivity contribution in [2.24, 2.45) is 0 Å². The van der Waals surface area contributed by atoms with Crippen molar-refractivity contribution < 1.29 is 4.79 Å². The number of carbonyl (C=O) groups is 1. The van der Waals surface area contributed by atoms with Crippen LogP contribution in [0.3, 0.4) is 0 Å². The van der Waals surface area contributed by atoms with Gasteiger partial charge < -0.3 is 4.90 Å². The molecule has 2 aromatic carbocycles. The Morgan fingerprint density at radius 2 is 1.90 bits per heavy atom. The van der Waals surface area contributed by atoms with Gasteiger partial charge in [-0.15, -0.1) is 0 Å². The largest absolute Gasteiger partial charge is 0.337 e. The van der Waals surface area contributed by atoms with Crippen LogP contribution in [0.25, 0.3) is 10.8 Å². The maximum absolute atomic E-state index is 12.6. The predicted molar refractivity (Wildman–Crippen MR) is 84.1 cm³/mol. The third kappa shape index (κ3) is 2.45. The molecule has 0 aliphatic rings. The van der Waals surface area contributed by atoms with E-state index in [1.54, 1.807) is 16.2 Å². The third-order valence-corrected chi connectivity index (χ3v) is 4.10. The van der Waals surface area contributed by atoms with E-state index in [0.717, 1.165) is 16.3 Å². The topological polar surface area (TPSA) is 20.3 Å². The highest BCUT2D eigenvalue weighted by atomic mass is 32.1. The normalized spacial score (nSPS) is 10.7. The molecule has 3 aromatic rings. The molecular weight excluding hydrogens is 266 g/mol. The van der Waals surface area contributed by atoms with Crippen LogP contribution in [-0.4, -0.2) is 17.9 Å². The summed E-state index contributed by atoms with van der Waals surface area (Å²) in [4.78, 5) is 14.4. The second kappa shape index (κ2) is 5.47. The maximum atomic E-state index is 12.6. The number of rotatable bonds is 3. The number of fused-ring (bicyclic) bond motifs is 1. The van der Waals surface area contributed by atoms with Crippen LogP contribution in [0.5, 0.6) is 0 Å². The van der Waals surface area contributed by atoms with Gasteiger partial charge >= 0.3 is 0 Å². The van der Waals surface area contributed by atoms with Crippen molar-refractivity contribution in [3.8, 4) is 0 Å². The number of carbonyl (C=O) groups excluding carboxylic acids is 1. The first kappa shape index (κ1) is 12.9. The lowest BCUT2D eigenvalue weighted by atomic mass is 10.0. The molecule has 1 heterocycles. The highest BCUT2D eigenvalue weighted by Crippen LogP contribution is 2.20. The fourth-order valence-corrected chi connectivity index (χ4v) is 3.01. The summed E-state index contributed by atoms with van der Waals surface area (Å²) >= 11 is 1.65. The van der Waals surface area contributed by atoms with Crippen LogP contribution in [0.15, 0.2) is 59.3 Å². The lowest BCUT2D eigenvalue weighted by Crippen LogP contribution is -2.26. The first-order valence-corrected chi connectivity index (χ1v) is 7.44. The van der Waals surface area contributed by atoms with Gasteiger partial charge in [-0.2, -0.15) is 11.3 Å². The number of hydrogen-bond donors (Lipinski definition) is 0. The Labute approximate surface area is 122 Å². The molecule has 0 fully saturated rings. The first-order chi connectivity index (χ1) is 9.75. The van der Waals surface area contributed by atoms with Crippen molar-refractivity contribution >= 4 is 28.0 Å². The summed E-state index contributed by atoms with van der Waals surface area (Å²) in [5.41, 5.74) is 1.94. The molecule has 2 nitrogen and oxygen atoms in total. The molecule has 3 rings (SSSR count). The van der Waals surface area contributed by atoms with Crippen LogP contribution in [0.1, 0.15) is 15.9 Å². The van der Waals surface area contributed by atoms with Crippen molar-refractivity contribution in [3.63, 3.8) is 0 Å². The summed E-state index contributed by atoms with van der Waals surface area (Å²) in [6, 6.07) is 15.9. The highest BCUT2D eigenvalue weighted by Gasteiger charge is 2.14. The minimum absolute atomic E-state index is 0.0630. The van der Waals surface area contributed by atoms with Crippen molar-refractivity contribution in [1.82, 2.24) is 4.90 Å². The van der Waals surface area contributed by atoms with Gasteiger partial charge in [-0.3, -0.25) is 4.79 Å². The molecule has 100 valence electrons. The zero-order valence-electron chi connectivity index (χ0n) is 11.2. The summed E-state index contributed by atoms with van der Waals surface area (Å²) in [5.74, 6) is 0.0630. The van der Waals surface area contributed by atoms with E-state index in [2.05, 4.69) is 11.4 Å². The predicted octanol–water partition coefficient (Wildman–Crippen LogP) is 4.17. The molecule has 0 atom stereocenters. The number of thiophene rings is 1. The van der Waals surface area contributed by atoms with Gasteiger partial charge in [0.15, 0.2) is 0 Å². The van der Waals surface area contributed by atoms with Gasteiger partial charge in [-0.25, -0.2) is 0 Å². The summed E-state index contributed by atoms with van der Waals surface area (Å²) in [7, 11) is 1.85. The van der Waals surface area contributed by atoms with E-state index in [1.165, 1.54) is 5.56 Å². The van der Waals surface area contributed by atoms with Gasteiger partial charge in [-0.1, -0.05) is 36.4 Å². The second-order valence-electron chi connectivity index (χ2n) is 4.82. The molecule has 0 spiro atoms. The van der Waals surface area contributed by atoms with Crippen molar-refractivity contribution in [3.05, 3.63) is 70.4 Å². The van der Waals surface area contributed by atoms with E-state index < -0.39 is 0 Å². The summed E-state index contributed by atoms with van der Waals surface area (Å²) in [5, 5.41) is 6.22. The molecule has 0 saturated heterocycles. The lowest BCUT2D eigenvalue weighted by molar-refractivity contribution is 0.0787. The van der Waals surface area contributed by atoms with Gasteiger partial charge in [0.2, 0.25) is 0 Å². The van der Waals surface area contributed by atoms with Gasteiger partial charge in [0, 0.05) is 19.2 Å². The number of hydrogen-bond acceptors (Lipinski definition) is 2. The average Bonchev–Trinajstić information content (AvgIpc) is 2.99. The Morgan fingerprint density at radius 1 is 1.10 bits per heavy atom. The molecule has 0 radical (unpaired) electrons. The van der Waals surface area contributed by atoms with E-state index in [4.69, 9.17) is 0 Å². The average molecular weight is 281 g/mol. The molecule has 0 aliphatic carbocycles. The first-order valence-electron chi connectivity index (χ1n) is 6.50. The fourth-order valence-electron chi connectivity index (χ4n) is 2.35. The van der Waals surface area contributed by atoms with Gasteiger partial charge in [0.05, 0.1) is 0 Å². The Kier molecular flexibility index (Phi) is 3.52. The molecule has 0 N–H and O–H groups in total. The second-order valence-corrected chi connectivity index (χ2v) is 5.60. The molecule has 0 bridgehead atoms. The van der Waals surface area contributed by atoms with E-state index in [-0.39, 0.29) is 5.91 Å². The summed E-state index contributed by atoms with van der Waals surface area (Å²) in [6.45, 7) is 0.644. The van der Waals surface area contributed by atoms with E-state index in [9.17, 15) is 4.79 Å². The molecule has 20 heavy (non-hydrogen) atoms. The quantitative estimate of drug-likeness (QED) is 0.705. The Morgan fingerprint density at radius 3 is 2.70 bits per heavy atom. The third-order valence-electron chi connectivity index (χ3n) is 3.37. The van der Waals surface area contributed by atoms with E-state index in [1.807, 2.05) is 54.9 Å². The number of nitrogens with zero attached hydrogens (tertiary/aromatic N) is 1. The minimum Gasteiger partial charge on any atom is -0.337 e. The van der Waals surface area contributed by atoms with Crippen molar-refractivity contribution in [2.45, 2.75) is 6.54 Å². The van der Waals surface area contributed by atoms with Crippen LogP contribution >= 0.6 is 11.3 Å². The van der Waals surface area contributed by atoms with Crippen molar-refractivity contribution in [1.29, 1.82) is 0 Å². The standard InChI is InChI=1S/C17H15NOS/c1-18(11-13-9-10-20-12-13)17(19)16-8-4-6-14-5-2-3-7-15(14)16/h2-10,12H,11H2,1H3. The van der Waals surface area contributed by atoms with Crippen LogP contribution in [0.4, 0.5) is 0 Å². The summed E-state index contributed by atoms with van der Waals surface area (Å²) < 4.78 is 0. The monoisotopic (exact) mass is 281 g/mol. The Balaban J connectivity index is 1.92. The molecule has 0 saturated carbocycles. The van der Waals surface area contributed by atoms with Crippen LogP contribution in [0.2, 0.25) is 0 Å². The smallest absolute Gasteiger partial charge is 0.254 e. The van der Waals surface area contributed by atoms with Crippen LogP contribution in [-0.2, 0) is 6.54 Å². The van der Waals surface area contributed by atoms with Crippen LogP contribution in [0, 0.1) is 0 Å². The lowest BCUT2D eigenvalue weighted by Gasteiger charge is -2.17. The molecule has 0 unspecified atom stereocenters. The molecule has 1 aromatic heterocycles. The molecular formula is C17H15NOS. The zero-order chi connectivity index (χ0) is 13.9. The highest BCUT2D eigenvalue weighted by molar-refractivity contribution is 7.07. The van der Waals surface area contributed by atoms with E-state index >= 15 is 0 Å². The van der Waals surface area contributed by atoms with Gasteiger partial charge in [0.1, 0.15) is 0 Å². The Hall–Kier alpha value is -2.13. The van der Waals surface area contributed by atoms with Gasteiger partial charge in [0.25, 0.3) is 5.91 Å². The summed E-state index contributed by atoms with van der Waals surface area (Å²) in [6.07, 6.45) is 0. The fraction of sp³-hybridized carbons (Fsp3) is 0.118. The van der Waals surface area contributed by atoms with Crippen LogP contribution < -0.4 is 0 Å². The zero-order valence-corrected chi connectivity index (χ0v) is 12.1. The molecule has 0 aliphatic heterocycles. The Bertz CT molecular complexity index is 728. The molecule has 1 amide bonds. The SMILES string of the molecule is CN(Cc1ccsc1)C(=O)c1cccc2ccccc12. The molecule has 3 heteroatoms. The number of benzene rings is 2.